The molecule has 0 radical (unpaired) electrons. The highest BCUT2D eigenvalue weighted by Crippen LogP contribution is 2.36. The Kier molecular flexibility index (Phi) is 6.06. The van der Waals surface area contributed by atoms with Crippen molar-refractivity contribution in [3.8, 4) is 23.2 Å². The second-order valence-electron chi connectivity index (χ2n) is 7.33. The van der Waals surface area contributed by atoms with E-state index in [0.29, 0.717) is 29.1 Å². The molecule has 0 aliphatic carbocycles. The fourth-order valence-electron chi connectivity index (χ4n) is 3.66. The maximum absolute atomic E-state index is 14.1. The van der Waals surface area contributed by atoms with Gasteiger partial charge in [0.05, 0.1) is 23.1 Å². The number of aliphatic imine (C=N–C) groups is 1. The molecule has 1 aliphatic rings. The van der Waals surface area contributed by atoms with Gasteiger partial charge in [-0.2, -0.15) is 10.4 Å². The molecule has 1 aromatic carbocycles. The smallest absolute Gasteiger partial charge is 0.258 e. The Bertz CT molecular complexity index is 1300. The zero-order chi connectivity index (χ0) is 23.7. The van der Waals surface area contributed by atoms with E-state index in [9.17, 15) is 13.9 Å². The molecular formula is C21H21FN8O2S. The quantitative estimate of drug-likeness (QED) is 0.550. The van der Waals surface area contributed by atoms with Crippen LogP contribution in [-0.4, -0.2) is 43.0 Å². The minimum absolute atomic E-state index is 0.000473. The average molecular weight is 469 g/mol. The Balaban J connectivity index is 1.72. The summed E-state index contributed by atoms with van der Waals surface area (Å²) in [4.78, 5) is 12.4. The van der Waals surface area contributed by atoms with Gasteiger partial charge in [-0.1, -0.05) is 0 Å². The fraction of sp³-hybridized carbons (Fsp3) is 0.286. The molecule has 2 atom stereocenters. The molecule has 0 saturated carbocycles. The number of nitrogens with zero attached hydrogens (tertiary/aromatic N) is 7. The van der Waals surface area contributed by atoms with Crippen molar-refractivity contribution >= 4 is 35.0 Å². The van der Waals surface area contributed by atoms with Crippen molar-refractivity contribution < 1.29 is 13.3 Å². The van der Waals surface area contributed by atoms with Gasteiger partial charge in [-0.05, 0) is 38.3 Å². The number of nitrogen functional groups attached to an aromatic ring is 1. The molecule has 1 aliphatic heterocycles. The van der Waals surface area contributed by atoms with E-state index in [-0.39, 0.29) is 28.9 Å². The lowest BCUT2D eigenvalue weighted by Crippen LogP contribution is -2.22. The van der Waals surface area contributed by atoms with Crippen LogP contribution < -0.4 is 14.8 Å². The van der Waals surface area contributed by atoms with Gasteiger partial charge in [-0.15, -0.1) is 0 Å². The molecule has 12 heteroatoms. The molecular weight excluding hydrogens is 447 g/mol. The van der Waals surface area contributed by atoms with E-state index in [1.807, 2.05) is 0 Å². The summed E-state index contributed by atoms with van der Waals surface area (Å²) in [5, 5.41) is 13.7. The fourth-order valence-corrected chi connectivity index (χ4v) is 4.97. The third kappa shape index (κ3) is 4.14. The Labute approximate surface area is 192 Å². The van der Waals surface area contributed by atoms with Crippen LogP contribution in [0, 0.1) is 17.1 Å². The van der Waals surface area contributed by atoms with Gasteiger partial charge in [0.2, 0.25) is 0 Å². The normalized spacial score (nSPS) is 16.4. The number of benzene rings is 1. The minimum atomic E-state index is -1.18. The van der Waals surface area contributed by atoms with Gasteiger partial charge in [-0.25, -0.2) is 23.6 Å². The number of rotatable bonds is 6. The van der Waals surface area contributed by atoms with Crippen molar-refractivity contribution in [1.82, 2.24) is 19.7 Å². The lowest BCUT2D eigenvalue weighted by molar-refractivity contribution is 0.218. The molecule has 0 spiro atoms. The number of ether oxygens (including phenoxy) is 1. The second kappa shape index (κ2) is 8.95. The van der Waals surface area contributed by atoms with E-state index < -0.39 is 22.9 Å². The predicted octanol–water partition coefficient (Wildman–Crippen LogP) is 2.82. The van der Waals surface area contributed by atoms with E-state index in [4.69, 9.17) is 10.5 Å². The summed E-state index contributed by atoms with van der Waals surface area (Å²) in [6, 6.07) is 6.33. The SMILES string of the molecule is C=Nc1nn(C)c(C#N)c1-c1cnc(N)c(O[C@H](C)c2cc(F)ccc2N2CCCS2=O)n1. The lowest BCUT2D eigenvalue weighted by Gasteiger charge is -2.24. The van der Waals surface area contributed by atoms with Crippen LogP contribution in [0.4, 0.5) is 21.7 Å². The minimum Gasteiger partial charge on any atom is -0.467 e. The number of hydrogen-bond acceptors (Lipinski definition) is 8. The standard InChI is InChI=1S/C21H21FN8O2S/c1-12(14-9-13(22)5-6-16(14)30-7-4-8-33(30)31)32-21-19(24)26-11-15(27-21)18-17(10-23)29(3)28-20(18)25-2/h5-6,9,11-12H,2,4,7-8H2,1,3H3,(H2,24,26)/t12-,33?/m1/s1. The average Bonchev–Trinajstić information content (AvgIpc) is 3.37. The summed E-state index contributed by atoms with van der Waals surface area (Å²) < 4.78 is 35.6. The predicted molar refractivity (Wildman–Crippen MR) is 123 cm³/mol. The van der Waals surface area contributed by atoms with Crippen molar-refractivity contribution in [2.45, 2.75) is 19.4 Å². The van der Waals surface area contributed by atoms with Crippen LogP contribution >= 0.6 is 0 Å². The Morgan fingerprint density at radius 2 is 2.24 bits per heavy atom. The Morgan fingerprint density at radius 1 is 1.45 bits per heavy atom. The van der Waals surface area contributed by atoms with Crippen LogP contribution in [0.15, 0.2) is 29.4 Å². The van der Waals surface area contributed by atoms with Crippen LogP contribution in [0.2, 0.25) is 0 Å². The van der Waals surface area contributed by atoms with Crippen molar-refractivity contribution in [2.24, 2.45) is 12.0 Å². The molecule has 170 valence electrons. The molecule has 2 aromatic heterocycles. The molecule has 33 heavy (non-hydrogen) atoms. The molecule has 10 nitrogen and oxygen atoms in total. The maximum Gasteiger partial charge on any atom is 0.258 e. The monoisotopic (exact) mass is 468 g/mol. The lowest BCUT2D eigenvalue weighted by atomic mass is 10.1. The first-order valence-electron chi connectivity index (χ1n) is 10.0. The summed E-state index contributed by atoms with van der Waals surface area (Å²) >= 11 is 0. The van der Waals surface area contributed by atoms with Crippen LogP contribution in [0.3, 0.4) is 0 Å². The number of aryl methyl sites for hydroxylation is 1. The van der Waals surface area contributed by atoms with Crippen LogP contribution in [0.25, 0.3) is 11.3 Å². The molecule has 1 unspecified atom stereocenters. The first kappa shape index (κ1) is 22.3. The first-order valence-corrected chi connectivity index (χ1v) is 11.3. The molecule has 3 heterocycles. The summed E-state index contributed by atoms with van der Waals surface area (Å²) in [7, 11) is 0.423. The largest absolute Gasteiger partial charge is 0.467 e. The highest BCUT2D eigenvalue weighted by molar-refractivity contribution is 7.86. The summed E-state index contributed by atoms with van der Waals surface area (Å²) in [5.74, 6) is 0.344. The number of hydrogen-bond donors (Lipinski definition) is 1. The van der Waals surface area contributed by atoms with Gasteiger partial charge >= 0.3 is 0 Å². The summed E-state index contributed by atoms with van der Waals surface area (Å²) in [6.45, 7) is 5.81. The second-order valence-corrected chi connectivity index (χ2v) is 8.82. The third-order valence-corrected chi connectivity index (χ3v) is 6.73. The first-order chi connectivity index (χ1) is 15.8. The number of nitrogens with two attached hydrogens (primary N) is 1. The molecule has 1 saturated heterocycles. The molecule has 3 aromatic rings. The van der Waals surface area contributed by atoms with E-state index in [2.05, 4.69) is 32.8 Å². The van der Waals surface area contributed by atoms with Crippen LogP contribution in [0.1, 0.15) is 30.7 Å². The highest BCUT2D eigenvalue weighted by atomic mass is 32.2. The highest BCUT2D eigenvalue weighted by Gasteiger charge is 2.27. The maximum atomic E-state index is 14.1. The molecule has 1 fully saturated rings. The van der Waals surface area contributed by atoms with Crippen molar-refractivity contribution in [2.75, 3.05) is 22.3 Å². The zero-order valence-electron chi connectivity index (χ0n) is 18.0. The van der Waals surface area contributed by atoms with Gasteiger partial charge in [0.25, 0.3) is 5.88 Å². The topological polar surface area (TPSA) is 135 Å². The van der Waals surface area contributed by atoms with Gasteiger partial charge in [0.1, 0.15) is 34.7 Å². The Morgan fingerprint density at radius 3 is 2.91 bits per heavy atom. The number of aromatic nitrogens is 4. The molecule has 0 amide bonds. The van der Waals surface area contributed by atoms with E-state index >= 15 is 0 Å². The third-order valence-electron chi connectivity index (χ3n) is 5.22. The van der Waals surface area contributed by atoms with Crippen molar-refractivity contribution in [3.63, 3.8) is 0 Å². The number of anilines is 2. The summed E-state index contributed by atoms with van der Waals surface area (Å²) in [5.41, 5.74) is 7.97. The number of nitriles is 1. The van der Waals surface area contributed by atoms with Gasteiger partial charge in [0, 0.05) is 24.9 Å². The molecule has 2 N–H and O–H groups in total. The van der Waals surface area contributed by atoms with Crippen LogP contribution in [0.5, 0.6) is 5.88 Å². The van der Waals surface area contributed by atoms with E-state index in [1.54, 1.807) is 24.3 Å². The van der Waals surface area contributed by atoms with Gasteiger partial charge in [-0.3, -0.25) is 8.99 Å². The van der Waals surface area contributed by atoms with Gasteiger partial charge < -0.3 is 10.5 Å². The van der Waals surface area contributed by atoms with E-state index in [0.717, 1.165) is 6.42 Å². The van der Waals surface area contributed by atoms with Crippen LogP contribution in [-0.2, 0) is 18.0 Å². The van der Waals surface area contributed by atoms with Crippen molar-refractivity contribution in [1.29, 1.82) is 5.26 Å². The van der Waals surface area contributed by atoms with Crippen molar-refractivity contribution in [3.05, 3.63) is 41.5 Å². The van der Waals surface area contributed by atoms with Gasteiger partial charge in [0.15, 0.2) is 11.6 Å². The Hall–Kier alpha value is -3.85. The number of halogens is 1. The molecule has 4 rings (SSSR count). The van der Waals surface area contributed by atoms with E-state index in [1.165, 1.54) is 23.0 Å². The summed E-state index contributed by atoms with van der Waals surface area (Å²) in [6.07, 6.45) is 1.48. The zero-order valence-corrected chi connectivity index (χ0v) is 18.8. The molecule has 0 bridgehead atoms.